The summed E-state index contributed by atoms with van der Waals surface area (Å²) in [5.41, 5.74) is 12.0. The molecule has 1 aromatic rings. The summed E-state index contributed by atoms with van der Waals surface area (Å²) in [5, 5.41) is 10.6. The van der Waals surface area contributed by atoms with Gasteiger partial charge in [-0.05, 0) is 24.5 Å². The third kappa shape index (κ3) is 1.31. The highest BCUT2D eigenvalue weighted by Gasteiger charge is 2.40. The summed E-state index contributed by atoms with van der Waals surface area (Å²) in [5.74, 6) is 0. The van der Waals surface area contributed by atoms with E-state index in [1.54, 1.807) is 12.1 Å². The number of nitro benzene ring substituents is 1. The Morgan fingerprint density at radius 1 is 1.43 bits per heavy atom. The fraction of sp³-hybridized carbons (Fsp3) is 0.333. The largest absolute Gasteiger partial charge is 0.393 e. The number of hydrogen-bond acceptors (Lipinski definition) is 4. The zero-order chi connectivity index (χ0) is 10.3. The minimum Gasteiger partial charge on any atom is -0.393 e. The summed E-state index contributed by atoms with van der Waals surface area (Å²) < 4.78 is 0. The van der Waals surface area contributed by atoms with Gasteiger partial charge in [-0.25, -0.2) is 0 Å². The van der Waals surface area contributed by atoms with Crippen molar-refractivity contribution in [2.24, 2.45) is 5.73 Å². The number of rotatable bonds is 2. The molecule has 2 rings (SSSR count). The first kappa shape index (κ1) is 8.96. The van der Waals surface area contributed by atoms with Crippen LogP contribution in [0.3, 0.4) is 0 Å². The number of hydrogen-bond donors (Lipinski definition) is 2. The normalized spacial score (nSPS) is 17.8. The predicted molar refractivity (Wildman–Crippen MR) is 52.6 cm³/mol. The van der Waals surface area contributed by atoms with Gasteiger partial charge in [0.25, 0.3) is 5.69 Å². The van der Waals surface area contributed by atoms with Crippen LogP contribution in [0.5, 0.6) is 0 Å². The Balaban J connectivity index is 2.46. The Morgan fingerprint density at radius 2 is 2.07 bits per heavy atom. The van der Waals surface area contributed by atoms with Gasteiger partial charge in [-0.3, -0.25) is 10.1 Å². The van der Waals surface area contributed by atoms with Crippen LogP contribution < -0.4 is 11.5 Å². The number of nitrogens with two attached hydrogens (primary N) is 2. The molecule has 0 aromatic heterocycles. The van der Waals surface area contributed by atoms with E-state index in [9.17, 15) is 10.1 Å². The second-order valence-electron chi connectivity index (χ2n) is 3.69. The molecule has 4 N–H and O–H groups in total. The number of nitrogens with zero attached hydrogens (tertiary/aromatic N) is 1. The molecule has 1 aliphatic carbocycles. The second kappa shape index (κ2) is 2.68. The zero-order valence-corrected chi connectivity index (χ0v) is 7.56. The van der Waals surface area contributed by atoms with Crippen LogP contribution in [0.4, 0.5) is 11.4 Å². The molecular formula is C9H11N3O2. The monoisotopic (exact) mass is 193 g/mol. The van der Waals surface area contributed by atoms with Crippen molar-refractivity contribution in [1.29, 1.82) is 0 Å². The van der Waals surface area contributed by atoms with Gasteiger partial charge in [0.2, 0.25) is 0 Å². The van der Waals surface area contributed by atoms with Crippen molar-refractivity contribution < 1.29 is 4.92 Å². The van der Waals surface area contributed by atoms with Crippen molar-refractivity contribution in [2.75, 3.05) is 5.73 Å². The molecule has 0 heterocycles. The van der Waals surface area contributed by atoms with Crippen molar-refractivity contribution in [3.8, 4) is 0 Å². The summed E-state index contributed by atoms with van der Waals surface area (Å²) >= 11 is 0. The standard InChI is InChI=1S/C9H11N3O2/c10-7-2-1-6(9(11)3-4-9)5-8(7)12(13)14/h1-2,5H,3-4,10-11H2. The molecule has 0 saturated heterocycles. The maximum atomic E-state index is 10.6. The van der Waals surface area contributed by atoms with Gasteiger partial charge in [0.1, 0.15) is 5.69 Å². The molecule has 0 bridgehead atoms. The third-order valence-electron chi connectivity index (χ3n) is 2.59. The Bertz CT molecular complexity index is 399. The predicted octanol–water partition coefficient (Wildman–Crippen LogP) is 1.12. The molecule has 1 fully saturated rings. The number of anilines is 1. The maximum absolute atomic E-state index is 10.6. The van der Waals surface area contributed by atoms with E-state index < -0.39 is 4.92 Å². The lowest BCUT2D eigenvalue weighted by atomic mass is 10.0. The summed E-state index contributed by atoms with van der Waals surface area (Å²) in [6.45, 7) is 0. The minimum atomic E-state index is -0.482. The van der Waals surface area contributed by atoms with E-state index in [2.05, 4.69) is 0 Å². The average molecular weight is 193 g/mol. The molecule has 1 aliphatic rings. The number of benzene rings is 1. The van der Waals surface area contributed by atoms with E-state index in [4.69, 9.17) is 11.5 Å². The molecule has 5 nitrogen and oxygen atoms in total. The van der Waals surface area contributed by atoms with Gasteiger partial charge in [-0.1, -0.05) is 6.07 Å². The Morgan fingerprint density at radius 3 is 2.57 bits per heavy atom. The summed E-state index contributed by atoms with van der Waals surface area (Å²) in [6, 6.07) is 4.78. The molecule has 1 saturated carbocycles. The van der Waals surface area contributed by atoms with Crippen molar-refractivity contribution >= 4 is 11.4 Å². The van der Waals surface area contributed by atoms with Gasteiger partial charge in [-0.15, -0.1) is 0 Å². The first-order chi connectivity index (χ1) is 6.53. The van der Waals surface area contributed by atoms with E-state index in [0.29, 0.717) is 0 Å². The summed E-state index contributed by atoms with van der Waals surface area (Å²) in [4.78, 5) is 10.1. The van der Waals surface area contributed by atoms with Crippen LogP contribution in [-0.4, -0.2) is 4.92 Å². The summed E-state index contributed by atoms with van der Waals surface area (Å²) in [7, 11) is 0. The molecule has 1 aromatic carbocycles. The van der Waals surface area contributed by atoms with Crippen LogP contribution in [0.2, 0.25) is 0 Å². The zero-order valence-electron chi connectivity index (χ0n) is 7.56. The van der Waals surface area contributed by atoms with Gasteiger partial charge in [0.15, 0.2) is 0 Å². The van der Waals surface area contributed by atoms with Crippen LogP contribution in [0.25, 0.3) is 0 Å². The average Bonchev–Trinajstić information content (AvgIpc) is 2.85. The summed E-state index contributed by atoms with van der Waals surface area (Å²) in [6.07, 6.45) is 1.77. The van der Waals surface area contributed by atoms with Crippen molar-refractivity contribution in [2.45, 2.75) is 18.4 Å². The van der Waals surface area contributed by atoms with Crippen LogP contribution in [0.15, 0.2) is 18.2 Å². The highest BCUT2D eigenvalue weighted by molar-refractivity contribution is 5.60. The Kier molecular flexibility index (Phi) is 1.72. The first-order valence-corrected chi connectivity index (χ1v) is 4.36. The quantitative estimate of drug-likeness (QED) is 0.418. The van der Waals surface area contributed by atoms with Crippen LogP contribution in [0, 0.1) is 10.1 Å². The van der Waals surface area contributed by atoms with E-state index in [-0.39, 0.29) is 16.9 Å². The van der Waals surface area contributed by atoms with Crippen LogP contribution in [0.1, 0.15) is 18.4 Å². The van der Waals surface area contributed by atoms with E-state index in [1.807, 2.05) is 0 Å². The molecule has 0 radical (unpaired) electrons. The SMILES string of the molecule is Nc1ccc(C2(N)CC2)cc1[N+](=O)[O-]. The van der Waals surface area contributed by atoms with Gasteiger partial charge < -0.3 is 11.5 Å². The van der Waals surface area contributed by atoms with E-state index >= 15 is 0 Å². The Labute approximate surface area is 80.9 Å². The molecular weight excluding hydrogens is 182 g/mol. The lowest BCUT2D eigenvalue weighted by Crippen LogP contribution is -2.18. The molecule has 5 heteroatoms. The fourth-order valence-corrected chi connectivity index (χ4v) is 1.43. The smallest absolute Gasteiger partial charge is 0.292 e. The third-order valence-corrected chi connectivity index (χ3v) is 2.59. The molecule has 74 valence electrons. The highest BCUT2D eigenvalue weighted by atomic mass is 16.6. The fourth-order valence-electron chi connectivity index (χ4n) is 1.43. The van der Waals surface area contributed by atoms with E-state index in [1.165, 1.54) is 6.07 Å². The highest BCUT2D eigenvalue weighted by Crippen LogP contribution is 2.44. The van der Waals surface area contributed by atoms with Gasteiger partial charge in [0.05, 0.1) is 4.92 Å². The van der Waals surface area contributed by atoms with Crippen molar-refractivity contribution in [3.05, 3.63) is 33.9 Å². The first-order valence-electron chi connectivity index (χ1n) is 4.36. The molecule has 0 atom stereocenters. The Hall–Kier alpha value is -1.62. The maximum Gasteiger partial charge on any atom is 0.292 e. The van der Waals surface area contributed by atoms with Crippen LogP contribution in [-0.2, 0) is 5.54 Å². The van der Waals surface area contributed by atoms with Gasteiger partial charge in [-0.2, -0.15) is 0 Å². The molecule has 0 aliphatic heterocycles. The number of nitrogen functional groups attached to an aromatic ring is 1. The van der Waals surface area contributed by atoms with Crippen LogP contribution >= 0.6 is 0 Å². The molecule has 14 heavy (non-hydrogen) atoms. The topological polar surface area (TPSA) is 95.2 Å². The second-order valence-corrected chi connectivity index (χ2v) is 3.69. The lowest BCUT2D eigenvalue weighted by Gasteiger charge is -2.08. The lowest BCUT2D eigenvalue weighted by molar-refractivity contribution is -0.384. The van der Waals surface area contributed by atoms with Crippen molar-refractivity contribution in [1.82, 2.24) is 0 Å². The van der Waals surface area contributed by atoms with Crippen molar-refractivity contribution in [3.63, 3.8) is 0 Å². The van der Waals surface area contributed by atoms with Gasteiger partial charge >= 0.3 is 0 Å². The molecule has 0 amide bonds. The molecule has 0 spiro atoms. The minimum absolute atomic E-state index is 0.0563. The van der Waals surface area contributed by atoms with Gasteiger partial charge in [0, 0.05) is 11.6 Å². The molecule has 0 unspecified atom stereocenters. The van der Waals surface area contributed by atoms with E-state index in [0.717, 1.165) is 18.4 Å². The number of nitro groups is 1.